The van der Waals surface area contributed by atoms with Crippen LogP contribution < -0.4 is 5.32 Å². The number of rotatable bonds is 6. The summed E-state index contributed by atoms with van der Waals surface area (Å²) in [5, 5.41) is 10.1. The highest BCUT2D eigenvalue weighted by atomic mass is 35.5. The Morgan fingerprint density at radius 2 is 2.33 bits per heavy atom. The van der Waals surface area contributed by atoms with Gasteiger partial charge in [0.25, 0.3) is 0 Å². The predicted molar refractivity (Wildman–Crippen MR) is 60.6 cm³/mol. The molecule has 7 heteroatoms. The van der Waals surface area contributed by atoms with Gasteiger partial charge >= 0.3 is 6.01 Å². The molecule has 1 N–H and O–H groups in total. The van der Waals surface area contributed by atoms with Gasteiger partial charge in [-0.25, -0.2) is 0 Å². The Balaban J connectivity index is 2.34. The van der Waals surface area contributed by atoms with Gasteiger partial charge in [-0.1, -0.05) is 12.0 Å². The maximum absolute atomic E-state index is 11.1. The summed E-state index contributed by atoms with van der Waals surface area (Å²) in [6.07, 6.45) is 0. The predicted octanol–water partition coefficient (Wildman–Crippen LogP) is 1.55. The molecule has 0 aliphatic heterocycles. The van der Waals surface area contributed by atoms with Gasteiger partial charge in [0, 0.05) is 28.9 Å². The fourth-order valence-corrected chi connectivity index (χ4v) is 1.59. The number of hydrogen-bond donors (Lipinski definition) is 1. The maximum atomic E-state index is 11.1. The Morgan fingerprint density at radius 1 is 1.60 bits per heavy atom. The second-order valence-corrected chi connectivity index (χ2v) is 5.44. The molecular formula is C8H14ClN3O2S. The zero-order valence-electron chi connectivity index (χ0n) is 8.70. The first kappa shape index (κ1) is 12.4. The molecular weight excluding hydrogens is 238 g/mol. The molecule has 0 aromatic carbocycles. The first-order valence-electron chi connectivity index (χ1n) is 4.69. The van der Waals surface area contributed by atoms with Crippen molar-refractivity contribution in [2.24, 2.45) is 0 Å². The lowest BCUT2D eigenvalue weighted by Gasteiger charge is -1.99. The van der Waals surface area contributed by atoms with Crippen LogP contribution in [0.25, 0.3) is 0 Å². The maximum Gasteiger partial charge on any atom is 0.315 e. The molecule has 0 spiro atoms. The molecule has 0 radical (unpaired) electrons. The molecule has 86 valence electrons. The molecule has 5 nitrogen and oxygen atoms in total. The topological polar surface area (TPSA) is 68.0 Å². The molecule has 1 aromatic rings. The molecule has 0 bridgehead atoms. The van der Waals surface area contributed by atoms with Gasteiger partial charge < -0.3 is 9.73 Å². The molecule has 0 saturated heterocycles. The number of nitrogens with zero attached hydrogens (tertiary/aromatic N) is 2. The molecule has 2 unspecified atom stereocenters. The van der Waals surface area contributed by atoms with E-state index in [9.17, 15) is 4.21 Å². The summed E-state index contributed by atoms with van der Waals surface area (Å²) in [5.41, 5.74) is 0. The van der Waals surface area contributed by atoms with E-state index in [0.29, 0.717) is 30.0 Å². The van der Waals surface area contributed by atoms with Gasteiger partial charge in [0.05, 0.1) is 0 Å². The molecule has 1 heterocycles. The van der Waals surface area contributed by atoms with Crippen molar-refractivity contribution in [3.63, 3.8) is 0 Å². The minimum atomic E-state index is -0.781. The first-order chi connectivity index (χ1) is 7.13. The number of aromatic nitrogens is 2. The van der Waals surface area contributed by atoms with Crippen molar-refractivity contribution >= 4 is 28.4 Å². The summed E-state index contributed by atoms with van der Waals surface area (Å²) >= 11 is 5.75. The quantitative estimate of drug-likeness (QED) is 0.777. The lowest BCUT2D eigenvalue weighted by molar-refractivity contribution is 0.506. The summed E-state index contributed by atoms with van der Waals surface area (Å²) in [5.74, 6) is 1.62. The van der Waals surface area contributed by atoms with Gasteiger partial charge in [-0.15, -0.1) is 16.7 Å². The van der Waals surface area contributed by atoms with E-state index in [1.165, 1.54) is 0 Å². The van der Waals surface area contributed by atoms with Gasteiger partial charge in [0.2, 0.25) is 5.89 Å². The number of halogens is 1. The van der Waals surface area contributed by atoms with Crippen LogP contribution in [0.5, 0.6) is 0 Å². The van der Waals surface area contributed by atoms with Crippen LogP contribution in [-0.2, 0) is 10.8 Å². The standard InChI is InChI=1S/C8H14ClN3O2S/c1-3-15(13)5-4-10-8-12-11-7(14-8)6(2)9/h6H,3-5H2,1-2H3,(H,10,12). The summed E-state index contributed by atoms with van der Waals surface area (Å²) in [4.78, 5) is 0. The Labute approximate surface area is 96.1 Å². The van der Waals surface area contributed by atoms with Crippen molar-refractivity contribution in [2.75, 3.05) is 23.4 Å². The van der Waals surface area contributed by atoms with Crippen molar-refractivity contribution in [2.45, 2.75) is 19.2 Å². The van der Waals surface area contributed by atoms with E-state index in [-0.39, 0.29) is 5.38 Å². The Hall–Kier alpha value is -0.620. The summed E-state index contributed by atoms with van der Waals surface area (Å²) in [6, 6.07) is 0.325. The minimum absolute atomic E-state index is 0.294. The normalized spacial score (nSPS) is 14.9. The van der Waals surface area contributed by atoms with E-state index in [1.807, 2.05) is 6.92 Å². The van der Waals surface area contributed by atoms with E-state index in [4.69, 9.17) is 16.0 Å². The average Bonchev–Trinajstić information content (AvgIpc) is 2.66. The molecule has 0 aliphatic rings. The third-order valence-corrected chi connectivity index (χ3v) is 3.20. The zero-order valence-corrected chi connectivity index (χ0v) is 10.3. The Bertz CT molecular complexity index is 329. The van der Waals surface area contributed by atoms with Crippen LogP contribution in [0.4, 0.5) is 6.01 Å². The molecule has 15 heavy (non-hydrogen) atoms. The lowest BCUT2D eigenvalue weighted by atomic mass is 10.5. The molecule has 0 fully saturated rings. The van der Waals surface area contributed by atoms with Gasteiger partial charge in [-0.2, -0.15) is 0 Å². The van der Waals surface area contributed by atoms with Gasteiger partial charge in [0.15, 0.2) is 0 Å². The number of anilines is 1. The fraction of sp³-hybridized carbons (Fsp3) is 0.750. The number of alkyl halides is 1. The van der Waals surface area contributed by atoms with Gasteiger partial charge in [-0.05, 0) is 6.92 Å². The fourth-order valence-electron chi connectivity index (χ4n) is 0.883. The third-order valence-electron chi connectivity index (χ3n) is 1.71. The van der Waals surface area contributed by atoms with Crippen molar-refractivity contribution in [1.29, 1.82) is 0 Å². The van der Waals surface area contributed by atoms with Gasteiger partial charge in [-0.3, -0.25) is 4.21 Å². The van der Waals surface area contributed by atoms with E-state index in [2.05, 4.69) is 15.5 Å². The third kappa shape index (κ3) is 4.17. The van der Waals surface area contributed by atoms with Crippen LogP contribution in [0.15, 0.2) is 4.42 Å². The largest absolute Gasteiger partial charge is 0.407 e. The minimum Gasteiger partial charge on any atom is -0.407 e. The van der Waals surface area contributed by atoms with Crippen molar-refractivity contribution in [3.8, 4) is 0 Å². The van der Waals surface area contributed by atoms with Crippen LogP contribution in [0, 0.1) is 0 Å². The summed E-state index contributed by atoms with van der Waals surface area (Å²) < 4.78 is 16.3. The highest BCUT2D eigenvalue weighted by molar-refractivity contribution is 7.84. The molecule has 0 amide bonds. The molecule has 2 atom stereocenters. The molecule has 1 aromatic heterocycles. The first-order valence-corrected chi connectivity index (χ1v) is 6.62. The second kappa shape index (κ2) is 6.07. The van der Waals surface area contributed by atoms with Crippen molar-refractivity contribution in [1.82, 2.24) is 10.2 Å². The van der Waals surface area contributed by atoms with Crippen molar-refractivity contribution in [3.05, 3.63) is 5.89 Å². The smallest absolute Gasteiger partial charge is 0.315 e. The second-order valence-electron chi connectivity index (χ2n) is 2.92. The van der Waals surface area contributed by atoms with Crippen molar-refractivity contribution < 1.29 is 8.63 Å². The summed E-state index contributed by atoms with van der Waals surface area (Å²) in [6.45, 7) is 4.19. The Morgan fingerprint density at radius 3 is 2.87 bits per heavy atom. The average molecular weight is 252 g/mol. The van der Waals surface area contributed by atoms with E-state index < -0.39 is 10.8 Å². The van der Waals surface area contributed by atoms with Crippen LogP contribution in [0.2, 0.25) is 0 Å². The highest BCUT2D eigenvalue weighted by Crippen LogP contribution is 2.18. The molecule has 1 rings (SSSR count). The molecule has 0 aliphatic carbocycles. The summed E-state index contributed by atoms with van der Waals surface area (Å²) in [7, 11) is -0.781. The zero-order chi connectivity index (χ0) is 11.3. The van der Waals surface area contributed by atoms with Crippen LogP contribution in [0.3, 0.4) is 0 Å². The van der Waals surface area contributed by atoms with Crippen LogP contribution >= 0.6 is 11.6 Å². The number of nitrogens with one attached hydrogen (secondary N) is 1. The van der Waals surface area contributed by atoms with E-state index in [1.54, 1.807) is 6.92 Å². The van der Waals surface area contributed by atoms with Crippen LogP contribution in [-0.4, -0.2) is 32.5 Å². The molecule has 0 saturated carbocycles. The Kier molecular flexibility index (Phi) is 5.04. The SMILES string of the molecule is CCS(=O)CCNc1nnc(C(C)Cl)o1. The lowest BCUT2D eigenvalue weighted by Crippen LogP contribution is -2.12. The van der Waals surface area contributed by atoms with E-state index in [0.717, 1.165) is 0 Å². The highest BCUT2D eigenvalue weighted by Gasteiger charge is 2.10. The number of hydrogen-bond acceptors (Lipinski definition) is 5. The monoisotopic (exact) mass is 251 g/mol. The van der Waals surface area contributed by atoms with Crippen LogP contribution in [0.1, 0.15) is 25.1 Å². The van der Waals surface area contributed by atoms with Gasteiger partial charge in [0.1, 0.15) is 5.38 Å². The van der Waals surface area contributed by atoms with E-state index >= 15 is 0 Å².